The Hall–Kier alpha value is -2.06. The summed E-state index contributed by atoms with van der Waals surface area (Å²) in [6.07, 6.45) is 4.94. The van der Waals surface area contributed by atoms with Crippen LogP contribution in [-0.4, -0.2) is 40.1 Å². The zero-order valence-corrected chi connectivity index (χ0v) is 18.0. The van der Waals surface area contributed by atoms with E-state index in [-0.39, 0.29) is 17.7 Å². The molecule has 1 saturated heterocycles. The van der Waals surface area contributed by atoms with E-state index in [1.165, 1.54) is 17.5 Å². The maximum absolute atomic E-state index is 13.2. The van der Waals surface area contributed by atoms with E-state index in [1.54, 1.807) is 23.2 Å². The quantitative estimate of drug-likeness (QED) is 0.546. The number of nitrogens with zero attached hydrogens (tertiary/aromatic N) is 4. The van der Waals surface area contributed by atoms with Gasteiger partial charge in [0.25, 0.3) is 5.91 Å². The van der Waals surface area contributed by atoms with E-state index in [1.807, 2.05) is 18.4 Å². The van der Waals surface area contributed by atoms with Crippen molar-refractivity contribution in [3.63, 3.8) is 0 Å². The van der Waals surface area contributed by atoms with E-state index in [9.17, 15) is 4.79 Å². The molecule has 0 aliphatic carbocycles. The molecule has 1 amide bonds. The Labute approximate surface area is 182 Å². The Bertz CT molecular complexity index is 1020. The summed E-state index contributed by atoms with van der Waals surface area (Å²) in [5, 5.41) is 3.51. The smallest absolute Gasteiger partial charge is 0.280 e. The molecule has 0 radical (unpaired) electrons. The second-order valence-electron chi connectivity index (χ2n) is 6.73. The second kappa shape index (κ2) is 8.75. The van der Waals surface area contributed by atoms with Crippen molar-refractivity contribution in [2.75, 3.05) is 18.1 Å². The summed E-state index contributed by atoms with van der Waals surface area (Å²) in [7, 11) is 0. The summed E-state index contributed by atoms with van der Waals surface area (Å²) in [5.74, 6) is -0.254. The maximum Gasteiger partial charge on any atom is 0.280 e. The number of aryl methyl sites for hydroxylation is 1. The third kappa shape index (κ3) is 4.59. The van der Waals surface area contributed by atoms with Gasteiger partial charge in [0.1, 0.15) is 5.69 Å². The Balaban J connectivity index is 1.66. The van der Waals surface area contributed by atoms with Crippen molar-refractivity contribution in [3.05, 3.63) is 57.4 Å². The van der Waals surface area contributed by atoms with Crippen LogP contribution in [0.4, 0.5) is 5.13 Å². The zero-order valence-electron chi connectivity index (χ0n) is 15.6. The fourth-order valence-corrected chi connectivity index (χ4v) is 4.43. The number of hydrogen-bond donors (Lipinski definition) is 0. The molecule has 6 nitrogen and oxygen atoms in total. The molecule has 150 valence electrons. The van der Waals surface area contributed by atoms with Crippen LogP contribution < -0.4 is 4.90 Å². The first-order chi connectivity index (χ1) is 14.0. The molecule has 2 aromatic heterocycles. The van der Waals surface area contributed by atoms with E-state index in [0.717, 1.165) is 24.1 Å². The van der Waals surface area contributed by atoms with Crippen LogP contribution >= 0.6 is 34.5 Å². The fourth-order valence-electron chi connectivity index (χ4n) is 3.09. The molecule has 1 atom stereocenters. The van der Waals surface area contributed by atoms with Crippen molar-refractivity contribution in [3.8, 4) is 11.3 Å². The standard InChI is InChI=1S/C20H18Cl2N4O2S/c1-12-8-24-17(9-23-12)19(27)26(10-14-3-2-6-28-14)20-25-18(11-29-20)15-5-4-13(21)7-16(15)22/h4-5,7-9,11,14H,2-3,6,10H2,1H3. The molecule has 1 aliphatic rings. The molecule has 0 spiro atoms. The van der Waals surface area contributed by atoms with Crippen LogP contribution in [0.15, 0.2) is 36.0 Å². The highest BCUT2D eigenvalue weighted by molar-refractivity contribution is 7.14. The van der Waals surface area contributed by atoms with Crippen LogP contribution in [0.1, 0.15) is 29.0 Å². The molecule has 1 aromatic carbocycles. The van der Waals surface area contributed by atoms with Gasteiger partial charge in [0.2, 0.25) is 0 Å². The molecule has 29 heavy (non-hydrogen) atoms. The van der Waals surface area contributed by atoms with Crippen LogP contribution in [0.2, 0.25) is 10.0 Å². The van der Waals surface area contributed by atoms with Gasteiger partial charge in [0.05, 0.1) is 35.3 Å². The van der Waals surface area contributed by atoms with Gasteiger partial charge in [-0.3, -0.25) is 14.7 Å². The number of amides is 1. The van der Waals surface area contributed by atoms with Crippen molar-refractivity contribution in [2.45, 2.75) is 25.9 Å². The Morgan fingerprint density at radius 3 is 2.86 bits per heavy atom. The van der Waals surface area contributed by atoms with Gasteiger partial charge in [-0.1, -0.05) is 23.2 Å². The van der Waals surface area contributed by atoms with Crippen molar-refractivity contribution in [2.24, 2.45) is 0 Å². The molecule has 0 N–H and O–H groups in total. The number of benzene rings is 1. The summed E-state index contributed by atoms with van der Waals surface area (Å²) in [5.41, 5.74) is 2.47. The molecule has 0 bridgehead atoms. The van der Waals surface area contributed by atoms with Gasteiger partial charge in [-0.05, 0) is 38.0 Å². The molecule has 4 rings (SSSR count). The third-order valence-electron chi connectivity index (χ3n) is 4.59. The summed E-state index contributed by atoms with van der Waals surface area (Å²) in [4.78, 5) is 27.9. The van der Waals surface area contributed by atoms with Crippen LogP contribution in [0.5, 0.6) is 0 Å². The average Bonchev–Trinajstić information content (AvgIpc) is 3.38. The van der Waals surface area contributed by atoms with Crippen molar-refractivity contribution in [1.82, 2.24) is 15.0 Å². The van der Waals surface area contributed by atoms with Crippen LogP contribution in [0, 0.1) is 6.92 Å². The molecule has 1 fully saturated rings. The van der Waals surface area contributed by atoms with Gasteiger partial charge in [-0.2, -0.15) is 0 Å². The molecule has 3 aromatic rings. The lowest BCUT2D eigenvalue weighted by Gasteiger charge is -2.22. The first-order valence-corrected chi connectivity index (χ1v) is 10.8. The summed E-state index contributed by atoms with van der Waals surface area (Å²) < 4.78 is 5.74. The minimum absolute atomic E-state index is 0.0242. The number of rotatable bonds is 5. The van der Waals surface area contributed by atoms with Crippen LogP contribution in [-0.2, 0) is 4.74 Å². The zero-order chi connectivity index (χ0) is 20.4. The number of carbonyl (C=O) groups is 1. The first kappa shape index (κ1) is 20.2. The lowest BCUT2D eigenvalue weighted by Crippen LogP contribution is -2.38. The Kier molecular flexibility index (Phi) is 6.10. The number of hydrogen-bond acceptors (Lipinski definition) is 6. The van der Waals surface area contributed by atoms with Gasteiger partial charge in [0.15, 0.2) is 5.13 Å². The average molecular weight is 449 g/mol. The van der Waals surface area contributed by atoms with Gasteiger partial charge >= 0.3 is 0 Å². The number of carbonyl (C=O) groups excluding carboxylic acids is 1. The molecule has 1 unspecified atom stereocenters. The van der Waals surface area contributed by atoms with Crippen LogP contribution in [0.3, 0.4) is 0 Å². The monoisotopic (exact) mass is 448 g/mol. The van der Waals surface area contributed by atoms with Gasteiger partial charge in [-0.15, -0.1) is 11.3 Å². The Morgan fingerprint density at radius 1 is 1.31 bits per heavy atom. The SMILES string of the molecule is Cc1cnc(C(=O)N(CC2CCCO2)c2nc(-c3ccc(Cl)cc3Cl)cs2)cn1. The summed E-state index contributed by atoms with van der Waals surface area (Å²) in [6.45, 7) is 2.95. The van der Waals surface area contributed by atoms with Gasteiger partial charge < -0.3 is 4.74 Å². The highest BCUT2D eigenvalue weighted by Gasteiger charge is 2.28. The highest BCUT2D eigenvalue weighted by atomic mass is 35.5. The molecule has 3 heterocycles. The lowest BCUT2D eigenvalue weighted by molar-refractivity contribution is 0.0913. The minimum atomic E-state index is -0.254. The van der Waals surface area contributed by atoms with Gasteiger partial charge in [0, 0.05) is 28.8 Å². The number of halogens is 2. The second-order valence-corrected chi connectivity index (χ2v) is 8.41. The minimum Gasteiger partial charge on any atom is -0.376 e. The molecule has 1 aliphatic heterocycles. The number of anilines is 1. The number of aromatic nitrogens is 3. The predicted octanol–water partition coefficient (Wildman–Crippen LogP) is 5.04. The molecular formula is C20H18Cl2N4O2S. The third-order valence-corrected chi connectivity index (χ3v) is 6.00. The van der Waals surface area contributed by atoms with Gasteiger partial charge in [-0.25, -0.2) is 9.97 Å². The van der Waals surface area contributed by atoms with E-state index >= 15 is 0 Å². The fraction of sp³-hybridized carbons (Fsp3) is 0.300. The normalized spacial score (nSPS) is 16.2. The van der Waals surface area contributed by atoms with Crippen molar-refractivity contribution >= 4 is 45.6 Å². The summed E-state index contributed by atoms with van der Waals surface area (Å²) >= 11 is 13.7. The van der Waals surface area contributed by atoms with E-state index in [2.05, 4.69) is 15.0 Å². The number of ether oxygens (including phenoxy) is 1. The largest absolute Gasteiger partial charge is 0.376 e. The van der Waals surface area contributed by atoms with Crippen molar-refractivity contribution in [1.29, 1.82) is 0 Å². The molecule has 9 heteroatoms. The topological polar surface area (TPSA) is 68.2 Å². The Morgan fingerprint density at radius 2 is 2.17 bits per heavy atom. The molecule has 0 saturated carbocycles. The van der Waals surface area contributed by atoms with E-state index in [4.69, 9.17) is 27.9 Å². The summed E-state index contributed by atoms with van der Waals surface area (Å²) in [6, 6.07) is 5.26. The van der Waals surface area contributed by atoms with E-state index < -0.39 is 0 Å². The van der Waals surface area contributed by atoms with E-state index in [0.29, 0.717) is 34.0 Å². The van der Waals surface area contributed by atoms with Crippen LogP contribution in [0.25, 0.3) is 11.3 Å². The molecular weight excluding hydrogens is 431 g/mol. The first-order valence-electron chi connectivity index (χ1n) is 9.14. The lowest BCUT2D eigenvalue weighted by atomic mass is 10.2. The number of thiazole rings is 1. The highest BCUT2D eigenvalue weighted by Crippen LogP contribution is 2.34. The maximum atomic E-state index is 13.2. The predicted molar refractivity (Wildman–Crippen MR) is 115 cm³/mol. The van der Waals surface area contributed by atoms with Crippen molar-refractivity contribution < 1.29 is 9.53 Å².